The second kappa shape index (κ2) is 8.49. The third-order valence-corrected chi connectivity index (χ3v) is 6.13. The van der Waals surface area contributed by atoms with Crippen LogP contribution in [0.1, 0.15) is 35.3 Å². The average Bonchev–Trinajstić information content (AvgIpc) is 2.84. The van der Waals surface area contributed by atoms with E-state index < -0.39 is 0 Å². The SMILES string of the molecule is CCOC(=O)C1CNCCN1C1c2ccc(Cl)cc2CCc2cc(Br)cnc21. The van der Waals surface area contributed by atoms with E-state index >= 15 is 0 Å². The van der Waals surface area contributed by atoms with Crippen LogP contribution >= 0.6 is 27.5 Å². The van der Waals surface area contributed by atoms with Gasteiger partial charge in [0.15, 0.2) is 0 Å². The van der Waals surface area contributed by atoms with Crippen molar-refractivity contribution in [3.63, 3.8) is 0 Å². The second-order valence-electron chi connectivity index (χ2n) is 7.15. The highest BCUT2D eigenvalue weighted by Crippen LogP contribution is 2.38. The molecule has 0 amide bonds. The van der Waals surface area contributed by atoms with Gasteiger partial charge in [-0.3, -0.25) is 14.7 Å². The van der Waals surface area contributed by atoms with Crippen molar-refractivity contribution in [1.82, 2.24) is 15.2 Å². The molecule has 4 rings (SSSR count). The summed E-state index contributed by atoms with van der Waals surface area (Å²) < 4.78 is 6.35. The molecular formula is C21H23BrClN3O2. The molecule has 2 atom stereocenters. The van der Waals surface area contributed by atoms with Crippen molar-refractivity contribution in [2.45, 2.75) is 31.8 Å². The van der Waals surface area contributed by atoms with Gasteiger partial charge in [-0.05, 0) is 70.6 Å². The van der Waals surface area contributed by atoms with Gasteiger partial charge < -0.3 is 10.1 Å². The molecule has 1 aromatic heterocycles. The highest BCUT2D eigenvalue weighted by atomic mass is 79.9. The van der Waals surface area contributed by atoms with Crippen LogP contribution in [0.25, 0.3) is 0 Å². The van der Waals surface area contributed by atoms with E-state index in [1.54, 1.807) is 0 Å². The molecule has 1 fully saturated rings. The largest absolute Gasteiger partial charge is 0.465 e. The number of carbonyl (C=O) groups excluding carboxylic acids is 1. The Morgan fingerprint density at radius 2 is 2.18 bits per heavy atom. The predicted molar refractivity (Wildman–Crippen MR) is 113 cm³/mol. The number of piperazine rings is 1. The van der Waals surface area contributed by atoms with E-state index in [-0.39, 0.29) is 18.1 Å². The molecule has 0 radical (unpaired) electrons. The van der Waals surface area contributed by atoms with E-state index in [1.165, 1.54) is 16.7 Å². The summed E-state index contributed by atoms with van der Waals surface area (Å²) in [4.78, 5) is 19.8. The fraction of sp³-hybridized carbons (Fsp3) is 0.429. The number of benzene rings is 1. The van der Waals surface area contributed by atoms with E-state index in [1.807, 2.05) is 25.3 Å². The minimum absolute atomic E-state index is 0.102. The summed E-state index contributed by atoms with van der Waals surface area (Å²) in [6.45, 7) is 4.36. The zero-order chi connectivity index (χ0) is 19.7. The number of hydrogen-bond acceptors (Lipinski definition) is 5. The molecule has 1 aliphatic heterocycles. The Kier molecular flexibility index (Phi) is 6.01. The number of fused-ring (bicyclic) bond motifs is 2. The topological polar surface area (TPSA) is 54.5 Å². The summed E-state index contributed by atoms with van der Waals surface area (Å²) in [6.07, 6.45) is 3.63. The zero-order valence-corrected chi connectivity index (χ0v) is 18.1. The fourth-order valence-corrected chi connectivity index (χ4v) is 4.81. The maximum atomic E-state index is 12.7. The van der Waals surface area contributed by atoms with Crippen molar-refractivity contribution < 1.29 is 9.53 Å². The fourth-order valence-electron chi connectivity index (χ4n) is 4.23. The predicted octanol–water partition coefficient (Wildman–Crippen LogP) is 3.52. The van der Waals surface area contributed by atoms with E-state index in [2.05, 4.69) is 38.3 Å². The Morgan fingerprint density at radius 1 is 1.36 bits per heavy atom. The van der Waals surface area contributed by atoms with Crippen molar-refractivity contribution in [1.29, 1.82) is 0 Å². The molecule has 7 heteroatoms. The number of hydrogen-bond donors (Lipinski definition) is 1. The molecule has 2 aromatic rings. The van der Waals surface area contributed by atoms with Crippen LogP contribution in [-0.2, 0) is 22.4 Å². The number of carbonyl (C=O) groups is 1. The maximum absolute atomic E-state index is 12.7. The quantitative estimate of drug-likeness (QED) is 0.705. The van der Waals surface area contributed by atoms with Crippen LogP contribution < -0.4 is 5.32 Å². The normalized spacial score (nSPS) is 22.1. The summed E-state index contributed by atoms with van der Waals surface area (Å²) in [5, 5.41) is 4.07. The molecule has 5 nitrogen and oxygen atoms in total. The lowest BCUT2D eigenvalue weighted by Gasteiger charge is -2.40. The van der Waals surface area contributed by atoms with Crippen LogP contribution in [0.15, 0.2) is 34.9 Å². The van der Waals surface area contributed by atoms with E-state index in [0.29, 0.717) is 13.2 Å². The van der Waals surface area contributed by atoms with Crippen LogP contribution in [0.3, 0.4) is 0 Å². The first-order valence-electron chi connectivity index (χ1n) is 9.64. The molecule has 28 heavy (non-hydrogen) atoms. The van der Waals surface area contributed by atoms with Crippen LogP contribution in [0, 0.1) is 0 Å². The summed E-state index contributed by atoms with van der Waals surface area (Å²) in [5.41, 5.74) is 4.61. The van der Waals surface area contributed by atoms with Crippen LogP contribution in [0.2, 0.25) is 5.02 Å². The standard InChI is InChI=1S/C21H23BrClN3O2/c1-2-28-21(27)18-12-24-7-8-26(18)20-17-6-5-16(23)10-13(17)3-4-14-9-15(22)11-25-19(14)20/h5-6,9-11,18,20,24H,2-4,7-8,12H2,1H3. The summed E-state index contributed by atoms with van der Waals surface area (Å²) >= 11 is 9.85. The molecule has 1 aliphatic carbocycles. The van der Waals surface area contributed by atoms with Crippen molar-refractivity contribution >= 4 is 33.5 Å². The van der Waals surface area contributed by atoms with E-state index in [9.17, 15) is 4.79 Å². The first kappa shape index (κ1) is 19.8. The Bertz CT molecular complexity index is 838. The zero-order valence-electron chi connectivity index (χ0n) is 15.8. The van der Waals surface area contributed by atoms with Gasteiger partial charge in [0.25, 0.3) is 0 Å². The number of rotatable bonds is 3. The number of nitrogens with one attached hydrogen (secondary N) is 1. The van der Waals surface area contributed by atoms with Gasteiger partial charge in [-0.2, -0.15) is 0 Å². The second-order valence-corrected chi connectivity index (χ2v) is 8.51. The van der Waals surface area contributed by atoms with Crippen molar-refractivity contribution in [2.75, 3.05) is 26.2 Å². The number of halogens is 2. The molecular weight excluding hydrogens is 442 g/mol. The molecule has 2 aliphatic rings. The third kappa shape index (κ3) is 3.83. The Labute approximate surface area is 178 Å². The highest BCUT2D eigenvalue weighted by Gasteiger charge is 2.39. The lowest BCUT2D eigenvalue weighted by molar-refractivity contribution is -0.151. The molecule has 0 bridgehead atoms. The van der Waals surface area contributed by atoms with E-state index in [0.717, 1.165) is 41.1 Å². The van der Waals surface area contributed by atoms with Gasteiger partial charge in [-0.25, -0.2) is 0 Å². The first-order valence-corrected chi connectivity index (χ1v) is 10.8. The Hall–Kier alpha value is -1.47. The smallest absolute Gasteiger partial charge is 0.324 e. The van der Waals surface area contributed by atoms with Gasteiger partial charge >= 0.3 is 5.97 Å². The minimum Gasteiger partial charge on any atom is -0.465 e. The van der Waals surface area contributed by atoms with Crippen LogP contribution in [0.5, 0.6) is 0 Å². The number of ether oxygens (including phenoxy) is 1. The van der Waals surface area contributed by atoms with Gasteiger partial charge in [0.05, 0.1) is 18.3 Å². The number of nitrogens with zero attached hydrogens (tertiary/aromatic N) is 2. The number of aryl methyl sites for hydroxylation is 2. The number of pyridine rings is 1. The molecule has 2 unspecified atom stereocenters. The molecule has 148 valence electrons. The van der Waals surface area contributed by atoms with Crippen LogP contribution in [0.4, 0.5) is 0 Å². The summed E-state index contributed by atoms with van der Waals surface area (Å²) in [5.74, 6) is -0.187. The summed E-state index contributed by atoms with van der Waals surface area (Å²) in [7, 11) is 0. The lowest BCUT2D eigenvalue weighted by atomic mass is 9.94. The molecule has 1 N–H and O–H groups in total. The molecule has 1 aromatic carbocycles. The maximum Gasteiger partial charge on any atom is 0.324 e. The van der Waals surface area contributed by atoms with E-state index in [4.69, 9.17) is 21.3 Å². The highest BCUT2D eigenvalue weighted by molar-refractivity contribution is 9.10. The first-order chi connectivity index (χ1) is 13.6. The third-order valence-electron chi connectivity index (χ3n) is 5.47. The number of esters is 1. The van der Waals surface area contributed by atoms with Crippen LogP contribution in [-0.4, -0.2) is 48.1 Å². The Balaban J connectivity index is 1.85. The lowest BCUT2D eigenvalue weighted by Crippen LogP contribution is -2.56. The Morgan fingerprint density at radius 3 is 3.00 bits per heavy atom. The van der Waals surface area contributed by atoms with Crippen molar-refractivity contribution in [3.8, 4) is 0 Å². The molecule has 0 saturated carbocycles. The van der Waals surface area contributed by atoms with Crippen molar-refractivity contribution in [3.05, 3.63) is 62.3 Å². The average molecular weight is 465 g/mol. The molecule has 1 saturated heterocycles. The monoisotopic (exact) mass is 463 g/mol. The molecule has 0 spiro atoms. The van der Waals surface area contributed by atoms with Crippen molar-refractivity contribution in [2.24, 2.45) is 0 Å². The molecule has 2 heterocycles. The summed E-state index contributed by atoms with van der Waals surface area (Å²) in [6, 6.07) is 7.76. The number of aromatic nitrogens is 1. The van der Waals surface area contributed by atoms with Gasteiger partial charge in [0, 0.05) is 35.3 Å². The van der Waals surface area contributed by atoms with Gasteiger partial charge in [-0.15, -0.1) is 0 Å². The van der Waals surface area contributed by atoms with Gasteiger partial charge in [-0.1, -0.05) is 17.7 Å². The minimum atomic E-state index is -0.348. The van der Waals surface area contributed by atoms with Gasteiger partial charge in [0.2, 0.25) is 0 Å². The van der Waals surface area contributed by atoms with Gasteiger partial charge in [0.1, 0.15) is 6.04 Å².